The lowest BCUT2D eigenvalue weighted by atomic mass is 9.77. The Kier molecular flexibility index (Phi) is 7.29. The molecule has 5 rings (SSSR count). The summed E-state index contributed by atoms with van der Waals surface area (Å²) in [5, 5.41) is 15.5. The molecule has 1 saturated carbocycles. The monoisotopic (exact) mass is 510 g/mol. The molecule has 197 valence electrons. The number of aliphatic hydroxyl groups is 1. The van der Waals surface area contributed by atoms with Crippen molar-refractivity contribution in [3.63, 3.8) is 0 Å². The number of hydrogen-bond donors (Lipinski definition) is 3. The van der Waals surface area contributed by atoms with Crippen LogP contribution >= 0.6 is 0 Å². The number of carbonyl (C=O) groups is 1. The molecule has 1 spiro atoms. The molecule has 2 aromatic rings. The Bertz CT molecular complexity index is 1110. The molecule has 10 heteroatoms. The Balaban J connectivity index is 1.33. The molecule has 1 aromatic carbocycles. The third-order valence-electron chi connectivity index (χ3n) is 7.98. The molecule has 1 aliphatic carbocycles. The van der Waals surface area contributed by atoms with E-state index in [0.29, 0.717) is 22.6 Å². The van der Waals surface area contributed by atoms with E-state index in [-0.39, 0.29) is 44.3 Å². The first-order chi connectivity index (χ1) is 17.8. The number of piperidine rings is 2. The van der Waals surface area contributed by atoms with Crippen molar-refractivity contribution in [1.29, 1.82) is 0 Å². The molecule has 1 aromatic heterocycles. The number of nitrogens with one attached hydrogen (secondary N) is 2. The van der Waals surface area contributed by atoms with Crippen molar-refractivity contribution in [3.05, 3.63) is 42.0 Å². The third kappa shape index (κ3) is 6.17. The van der Waals surface area contributed by atoms with E-state index in [1.54, 1.807) is 18.2 Å². The fraction of sp³-hybridized carbons (Fsp3) is 0.556. The van der Waals surface area contributed by atoms with Gasteiger partial charge in [0.2, 0.25) is 7.41 Å². The summed E-state index contributed by atoms with van der Waals surface area (Å²) >= 11 is 0. The van der Waals surface area contributed by atoms with Crippen molar-refractivity contribution < 1.29 is 18.7 Å². The van der Waals surface area contributed by atoms with Crippen molar-refractivity contribution in [1.82, 2.24) is 4.98 Å². The van der Waals surface area contributed by atoms with E-state index >= 15 is 0 Å². The molecule has 3 fully saturated rings. The molecule has 3 N–H and O–H groups in total. The average Bonchev–Trinajstić information content (AvgIpc) is 3.66. The van der Waals surface area contributed by atoms with Crippen molar-refractivity contribution in [2.24, 2.45) is 5.41 Å². The van der Waals surface area contributed by atoms with Crippen LogP contribution in [-0.4, -0.2) is 62.1 Å². The van der Waals surface area contributed by atoms with Gasteiger partial charge in [-0.15, -0.1) is 0 Å². The number of alkyl halides is 2. The zero-order chi connectivity index (χ0) is 26.0. The minimum absolute atomic E-state index is 0.000573. The van der Waals surface area contributed by atoms with Gasteiger partial charge in [-0.05, 0) is 67.2 Å². The molecule has 1 radical (unpaired) electrons. The number of pyridine rings is 1. The molecule has 2 saturated heterocycles. The van der Waals surface area contributed by atoms with Gasteiger partial charge in [0, 0.05) is 51.3 Å². The van der Waals surface area contributed by atoms with Crippen molar-refractivity contribution in [3.8, 4) is 0 Å². The van der Waals surface area contributed by atoms with E-state index in [0.717, 1.165) is 37.3 Å². The van der Waals surface area contributed by atoms with E-state index in [2.05, 4.69) is 20.4 Å². The number of aromatic nitrogens is 1. The van der Waals surface area contributed by atoms with E-state index in [1.165, 1.54) is 12.8 Å². The SMILES string of the molecule is C[C@H]([B]Nc1ccc(C(=O)Nc2cccc(N3CCC(F)(F)CC3)n2)c(N2CCC3(CC2)CC3)c1)CO. The Labute approximate surface area is 217 Å². The summed E-state index contributed by atoms with van der Waals surface area (Å²) < 4.78 is 27.2. The van der Waals surface area contributed by atoms with Gasteiger partial charge in [-0.25, -0.2) is 13.8 Å². The van der Waals surface area contributed by atoms with Gasteiger partial charge in [0.05, 0.1) is 11.3 Å². The fourth-order valence-corrected chi connectivity index (χ4v) is 5.18. The van der Waals surface area contributed by atoms with Crippen LogP contribution in [0.25, 0.3) is 0 Å². The van der Waals surface area contributed by atoms with Crippen LogP contribution in [0.15, 0.2) is 36.4 Å². The summed E-state index contributed by atoms with van der Waals surface area (Å²) in [6.07, 6.45) is 4.50. The van der Waals surface area contributed by atoms with Crippen LogP contribution in [0.1, 0.15) is 55.8 Å². The molecule has 0 bridgehead atoms. The lowest BCUT2D eigenvalue weighted by Gasteiger charge is -2.35. The maximum absolute atomic E-state index is 13.6. The van der Waals surface area contributed by atoms with Gasteiger partial charge in [0.15, 0.2) is 0 Å². The first kappa shape index (κ1) is 25.8. The number of hydrogen-bond acceptors (Lipinski definition) is 6. The second-order valence-corrected chi connectivity index (χ2v) is 10.9. The number of aliphatic hydroxyl groups excluding tert-OH is 1. The topological polar surface area (TPSA) is 80.7 Å². The van der Waals surface area contributed by atoms with E-state index < -0.39 is 5.92 Å². The maximum Gasteiger partial charge on any atom is 0.258 e. The predicted octanol–water partition coefficient (Wildman–Crippen LogP) is 4.78. The van der Waals surface area contributed by atoms with Gasteiger partial charge >= 0.3 is 0 Å². The third-order valence-corrected chi connectivity index (χ3v) is 7.98. The zero-order valence-corrected chi connectivity index (χ0v) is 21.4. The van der Waals surface area contributed by atoms with Crippen molar-refractivity contribution in [2.75, 3.05) is 53.1 Å². The highest BCUT2D eigenvalue weighted by atomic mass is 19.3. The molecular formula is C27H35BF2N5O2. The standard InChI is InChI=1S/C27H35BF2N5O2/c1-19(18-36)28-33-20-5-6-21(22(17-20)34-13-9-26(7-8-26)10-14-34)25(37)32-23-3-2-4-24(31-23)35-15-11-27(29,30)12-16-35/h2-6,17,19,33,36H,7-16,18H2,1H3,(H,31,32,37)/t19-/m0/s1. The Morgan fingerprint density at radius 2 is 1.76 bits per heavy atom. The van der Waals surface area contributed by atoms with Crippen molar-refractivity contribution >= 4 is 36.3 Å². The minimum Gasteiger partial charge on any atom is -0.431 e. The van der Waals surface area contributed by atoms with Crippen molar-refractivity contribution in [2.45, 2.75) is 57.2 Å². The highest BCUT2D eigenvalue weighted by Crippen LogP contribution is 2.54. The molecule has 7 nitrogen and oxygen atoms in total. The van der Waals surface area contributed by atoms with Crippen LogP contribution < -0.4 is 20.3 Å². The summed E-state index contributed by atoms with van der Waals surface area (Å²) in [7, 11) is 1.85. The predicted molar refractivity (Wildman–Crippen MR) is 144 cm³/mol. The molecule has 3 heterocycles. The number of anilines is 4. The number of rotatable bonds is 8. The second kappa shape index (κ2) is 10.5. The van der Waals surface area contributed by atoms with Gasteiger partial charge in [0.25, 0.3) is 11.8 Å². The number of nitrogens with zero attached hydrogens (tertiary/aromatic N) is 3. The first-order valence-electron chi connectivity index (χ1n) is 13.3. The highest BCUT2D eigenvalue weighted by Gasteiger charge is 2.44. The largest absolute Gasteiger partial charge is 0.431 e. The van der Waals surface area contributed by atoms with Gasteiger partial charge in [0.1, 0.15) is 11.6 Å². The fourth-order valence-electron chi connectivity index (χ4n) is 5.18. The highest BCUT2D eigenvalue weighted by molar-refractivity contribution is 6.42. The number of halogens is 2. The number of benzene rings is 1. The Morgan fingerprint density at radius 3 is 2.43 bits per heavy atom. The molecule has 0 unspecified atom stereocenters. The summed E-state index contributed by atoms with van der Waals surface area (Å²) in [6.45, 7) is 4.27. The second-order valence-electron chi connectivity index (χ2n) is 10.9. The lowest BCUT2D eigenvalue weighted by Crippen LogP contribution is -2.39. The quantitative estimate of drug-likeness (QED) is 0.444. The molecule has 2 aliphatic heterocycles. The van der Waals surface area contributed by atoms with Crippen LogP contribution in [0.4, 0.5) is 31.8 Å². The van der Waals surface area contributed by atoms with E-state index in [4.69, 9.17) is 0 Å². The van der Waals surface area contributed by atoms with Crippen LogP contribution in [0.3, 0.4) is 0 Å². The summed E-state index contributed by atoms with van der Waals surface area (Å²) in [4.78, 5) is 22.1. The number of carbonyl (C=O) groups excluding carboxylic acids is 1. The molecule has 1 amide bonds. The zero-order valence-electron chi connectivity index (χ0n) is 21.4. The van der Waals surface area contributed by atoms with Gasteiger partial charge in [-0.3, -0.25) is 4.79 Å². The van der Waals surface area contributed by atoms with Gasteiger partial charge in [-0.2, -0.15) is 0 Å². The smallest absolute Gasteiger partial charge is 0.258 e. The van der Waals surface area contributed by atoms with Crippen LogP contribution in [0.2, 0.25) is 5.82 Å². The van der Waals surface area contributed by atoms with Crippen LogP contribution in [0, 0.1) is 5.41 Å². The van der Waals surface area contributed by atoms with Gasteiger partial charge < -0.3 is 25.5 Å². The Hall–Kier alpha value is -2.88. The summed E-state index contributed by atoms with van der Waals surface area (Å²) in [5.74, 6) is -1.89. The van der Waals surface area contributed by atoms with E-state index in [9.17, 15) is 18.7 Å². The lowest BCUT2D eigenvalue weighted by molar-refractivity contribution is -0.0221. The molecule has 3 aliphatic rings. The summed E-state index contributed by atoms with van der Waals surface area (Å²) in [5.41, 5.74) is 2.82. The minimum atomic E-state index is -2.62. The maximum atomic E-state index is 13.6. The van der Waals surface area contributed by atoms with E-state index in [1.807, 2.05) is 37.4 Å². The van der Waals surface area contributed by atoms with Gasteiger partial charge in [-0.1, -0.05) is 13.0 Å². The Morgan fingerprint density at radius 1 is 1.05 bits per heavy atom. The molecule has 37 heavy (non-hydrogen) atoms. The average molecular weight is 510 g/mol. The number of amides is 1. The van der Waals surface area contributed by atoms with Crippen LogP contribution in [-0.2, 0) is 0 Å². The molecular weight excluding hydrogens is 475 g/mol. The normalized spacial score (nSPS) is 20.9. The first-order valence-corrected chi connectivity index (χ1v) is 13.3. The van der Waals surface area contributed by atoms with Crippen LogP contribution in [0.5, 0.6) is 0 Å². The molecule has 1 atom stereocenters. The summed E-state index contributed by atoms with van der Waals surface area (Å²) in [6, 6.07) is 11.0.